The average molecular weight is 275 g/mol. The van der Waals surface area contributed by atoms with E-state index in [2.05, 4.69) is 48.3 Å². The number of benzene rings is 1. The van der Waals surface area contributed by atoms with Crippen LogP contribution in [-0.2, 0) is 0 Å². The fourth-order valence-electron chi connectivity index (χ4n) is 2.61. The Morgan fingerprint density at radius 1 is 1.20 bits per heavy atom. The molecule has 0 spiro atoms. The van der Waals surface area contributed by atoms with E-state index in [-0.39, 0.29) is 12.1 Å². The van der Waals surface area contributed by atoms with Crippen LogP contribution in [0.3, 0.4) is 0 Å². The zero-order valence-corrected chi connectivity index (χ0v) is 12.5. The third-order valence-electron chi connectivity index (χ3n) is 3.78. The van der Waals surface area contributed by atoms with Gasteiger partial charge in [-0.05, 0) is 25.5 Å². The Bertz CT molecular complexity index is 413. The molecule has 1 saturated heterocycles. The van der Waals surface area contributed by atoms with Gasteiger partial charge in [0.25, 0.3) is 0 Å². The summed E-state index contributed by atoms with van der Waals surface area (Å²) in [5.41, 5.74) is 1.24. The Morgan fingerprint density at radius 2 is 1.85 bits per heavy atom. The zero-order chi connectivity index (χ0) is 14.4. The number of piperazine rings is 1. The molecule has 1 aliphatic heterocycles. The molecule has 1 N–H and O–H groups in total. The second-order valence-electron chi connectivity index (χ2n) is 5.45. The number of hydrogen-bond donors (Lipinski definition) is 1. The lowest BCUT2D eigenvalue weighted by atomic mass is 10.2. The standard InChI is InChI=1S/C16H25N3O/c1-3-7-14(2)17-16(20)19-12-10-18(11-13-19)15-8-5-4-6-9-15/h4-6,8-9,14H,3,7,10-13H2,1-2H3,(H,17,20)/t14-/m0/s1. The average Bonchev–Trinajstić information content (AvgIpc) is 2.48. The van der Waals surface area contributed by atoms with Crippen LogP contribution in [0.25, 0.3) is 0 Å². The van der Waals surface area contributed by atoms with Gasteiger partial charge in [0.1, 0.15) is 0 Å². The summed E-state index contributed by atoms with van der Waals surface area (Å²) in [7, 11) is 0. The lowest BCUT2D eigenvalue weighted by Gasteiger charge is -2.36. The van der Waals surface area contributed by atoms with Crippen molar-refractivity contribution >= 4 is 11.7 Å². The molecule has 1 aromatic carbocycles. The van der Waals surface area contributed by atoms with Crippen LogP contribution in [0.5, 0.6) is 0 Å². The smallest absolute Gasteiger partial charge is 0.317 e. The molecule has 20 heavy (non-hydrogen) atoms. The molecule has 1 aromatic rings. The van der Waals surface area contributed by atoms with E-state index in [0.717, 1.165) is 39.0 Å². The number of urea groups is 1. The fourth-order valence-corrected chi connectivity index (χ4v) is 2.61. The van der Waals surface area contributed by atoms with Gasteiger partial charge < -0.3 is 15.1 Å². The largest absolute Gasteiger partial charge is 0.368 e. The van der Waals surface area contributed by atoms with Gasteiger partial charge in [0.05, 0.1) is 0 Å². The fraction of sp³-hybridized carbons (Fsp3) is 0.562. The summed E-state index contributed by atoms with van der Waals surface area (Å²) in [4.78, 5) is 16.4. The molecule has 1 heterocycles. The van der Waals surface area contributed by atoms with Crippen LogP contribution in [0, 0.1) is 0 Å². The molecule has 2 amide bonds. The first kappa shape index (κ1) is 14.7. The van der Waals surface area contributed by atoms with E-state index in [9.17, 15) is 4.79 Å². The molecule has 4 heteroatoms. The summed E-state index contributed by atoms with van der Waals surface area (Å²) in [5, 5.41) is 3.07. The van der Waals surface area contributed by atoms with E-state index >= 15 is 0 Å². The molecule has 110 valence electrons. The molecule has 1 atom stereocenters. The van der Waals surface area contributed by atoms with E-state index in [0.29, 0.717) is 0 Å². The molecule has 0 radical (unpaired) electrons. The van der Waals surface area contributed by atoms with Crippen molar-refractivity contribution < 1.29 is 4.79 Å². The molecule has 2 rings (SSSR count). The van der Waals surface area contributed by atoms with E-state index in [1.165, 1.54) is 5.69 Å². The van der Waals surface area contributed by atoms with Crippen molar-refractivity contribution in [1.82, 2.24) is 10.2 Å². The Balaban J connectivity index is 1.80. The minimum absolute atomic E-state index is 0.0821. The van der Waals surface area contributed by atoms with Gasteiger partial charge in [0.15, 0.2) is 0 Å². The second kappa shape index (κ2) is 7.17. The van der Waals surface area contributed by atoms with Crippen molar-refractivity contribution in [2.45, 2.75) is 32.7 Å². The summed E-state index contributed by atoms with van der Waals surface area (Å²) >= 11 is 0. The number of hydrogen-bond acceptors (Lipinski definition) is 2. The second-order valence-corrected chi connectivity index (χ2v) is 5.45. The van der Waals surface area contributed by atoms with Crippen molar-refractivity contribution in [3.8, 4) is 0 Å². The van der Waals surface area contributed by atoms with Crippen molar-refractivity contribution in [2.24, 2.45) is 0 Å². The molecular formula is C16H25N3O. The normalized spacial score (nSPS) is 16.9. The third-order valence-corrected chi connectivity index (χ3v) is 3.78. The molecule has 0 saturated carbocycles. The van der Waals surface area contributed by atoms with Gasteiger partial charge in [-0.15, -0.1) is 0 Å². The minimum Gasteiger partial charge on any atom is -0.368 e. The predicted octanol–water partition coefficient (Wildman–Crippen LogP) is 2.71. The zero-order valence-electron chi connectivity index (χ0n) is 12.5. The monoisotopic (exact) mass is 275 g/mol. The van der Waals surface area contributed by atoms with Gasteiger partial charge in [0, 0.05) is 37.9 Å². The maximum Gasteiger partial charge on any atom is 0.317 e. The summed E-state index contributed by atoms with van der Waals surface area (Å²) in [5.74, 6) is 0. The van der Waals surface area contributed by atoms with Crippen molar-refractivity contribution in [1.29, 1.82) is 0 Å². The number of carbonyl (C=O) groups is 1. The summed E-state index contributed by atoms with van der Waals surface area (Å²) < 4.78 is 0. The lowest BCUT2D eigenvalue weighted by molar-refractivity contribution is 0.190. The first-order chi connectivity index (χ1) is 9.70. The SMILES string of the molecule is CCC[C@H](C)NC(=O)N1CCN(c2ccccc2)CC1. The predicted molar refractivity (Wildman–Crippen MR) is 83.1 cm³/mol. The molecular weight excluding hydrogens is 250 g/mol. The molecule has 0 unspecified atom stereocenters. The number of nitrogens with one attached hydrogen (secondary N) is 1. The Hall–Kier alpha value is -1.71. The van der Waals surface area contributed by atoms with Crippen LogP contribution in [0.2, 0.25) is 0 Å². The number of anilines is 1. The molecule has 0 aliphatic carbocycles. The van der Waals surface area contributed by atoms with Gasteiger partial charge >= 0.3 is 6.03 Å². The summed E-state index contributed by atoms with van der Waals surface area (Å²) in [6, 6.07) is 10.7. The molecule has 0 aromatic heterocycles. The van der Waals surface area contributed by atoms with Gasteiger partial charge in [-0.25, -0.2) is 4.79 Å². The number of carbonyl (C=O) groups excluding carboxylic acids is 1. The van der Waals surface area contributed by atoms with Gasteiger partial charge in [-0.2, -0.15) is 0 Å². The van der Waals surface area contributed by atoms with E-state index in [4.69, 9.17) is 0 Å². The lowest BCUT2D eigenvalue weighted by Crippen LogP contribution is -2.53. The van der Waals surface area contributed by atoms with Crippen LogP contribution in [0.15, 0.2) is 30.3 Å². The number of rotatable bonds is 4. The van der Waals surface area contributed by atoms with Crippen LogP contribution in [0.1, 0.15) is 26.7 Å². The highest BCUT2D eigenvalue weighted by atomic mass is 16.2. The maximum atomic E-state index is 12.1. The van der Waals surface area contributed by atoms with Crippen molar-refractivity contribution in [3.05, 3.63) is 30.3 Å². The van der Waals surface area contributed by atoms with Gasteiger partial charge in [-0.1, -0.05) is 31.5 Å². The summed E-state index contributed by atoms with van der Waals surface area (Å²) in [6.45, 7) is 7.60. The van der Waals surface area contributed by atoms with Crippen LogP contribution in [0.4, 0.5) is 10.5 Å². The number of para-hydroxylation sites is 1. The van der Waals surface area contributed by atoms with Crippen LogP contribution < -0.4 is 10.2 Å². The minimum atomic E-state index is 0.0821. The molecule has 1 fully saturated rings. The highest BCUT2D eigenvalue weighted by molar-refractivity contribution is 5.74. The maximum absolute atomic E-state index is 12.1. The van der Waals surface area contributed by atoms with E-state index < -0.39 is 0 Å². The quantitative estimate of drug-likeness (QED) is 0.917. The number of amides is 2. The molecule has 1 aliphatic rings. The van der Waals surface area contributed by atoms with E-state index in [1.807, 2.05) is 11.0 Å². The van der Waals surface area contributed by atoms with Crippen LogP contribution >= 0.6 is 0 Å². The Kier molecular flexibility index (Phi) is 5.27. The van der Waals surface area contributed by atoms with Crippen LogP contribution in [-0.4, -0.2) is 43.2 Å². The first-order valence-corrected chi connectivity index (χ1v) is 7.56. The van der Waals surface area contributed by atoms with Gasteiger partial charge in [-0.3, -0.25) is 0 Å². The molecule has 4 nitrogen and oxygen atoms in total. The Morgan fingerprint density at radius 3 is 2.45 bits per heavy atom. The molecule has 0 bridgehead atoms. The third kappa shape index (κ3) is 3.89. The highest BCUT2D eigenvalue weighted by Crippen LogP contribution is 2.15. The van der Waals surface area contributed by atoms with Crippen molar-refractivity contribution in [3.63, 3.8) is 0 Å². The van der Waals surface area contributed by atoms with Gasteiger partial charge in [0.2, 0.25) is 0 Å². The Labute approximate surface area is 121 Å². The van der Waals surface area contributed by atoms with Crippen molar-refractivity contribution in [2.75, 3.05) is 31.1 Å². The summed E-state index contributed by atoms with van der Waals surface area (Å²) in [6.07, 6.45) is 2.14. The first-order valence-electron chi connectivity index (χ1n) is 7.56. The topological polar surface area (TPSA) is 35.6 Å². The highest BCUT2D eigenvalue weighted by Gasteiger charge is 2.21. The van der Waals surface area contributed by atoms with E-state index in [1.54, 1.807) is 0 Å². The number of nitrogens with zero attached hydrogens (tertiary/aromatic N) is 2.